The molecule has 0 aliphatic carbocycles. The minimum absolute atomic E-state index is 0.00688. The van der Waals surface area contributed by atoms with Gasteiger partial charge in [0.2, 0.25) is 0 Å². The van der Waals surface area contributed by atoms with Gasteiger partial charge in [0.15, 0.2) is 0 Å². The number of phosphoric ester groups is 1. The van der Waals surface area contributed by atoms with Gasteiger partial charge in [0.1, 0.15) is 30.9 Å². The van der Waals surface area contributed by atoms with Crippen LogP contribution >= 0.6 is 7.82 Å². The van der Waals surface area contributed by atoms with Crippen LogP contribution in [0.4, 0.5) is 5.82 Å². The second kappa shape index (κ2) is 33.7. The van der Waals surface area contributed by atoms with E-state index in [0.717, 1.165) is 23.8 Å². The standard InChI is InChI=1S/C28H50N3O10P.C16H36N/c1-2-3-4-5-6-7-8-9-10-11-12-13-14-15-27(34)38-19-22(32)20-39-42(36,37)40-21-24-23(33)18-26(41-24)31-17-16-25(29)30-28(31)35;1-5-9-13-17(14-10-6-2,15-11-7-3)16-12-8-4/h16-17,22-24,26,32-33H,2-15,18-21H2,1H3,(H,36,37)(H2,29,30,35);5-16H2,1-4H3/q;+1/p-1/t22-,23+,24-,26-;/m1./s1. The Morgan fingerprint density at radius 1 is 0.831 bits per heavy atom. The Kier molecular flexibility index (Phi) is 31.5. The van der Waals surface area contributed by atoms with E-state index in [1.54, 1.807) is 0 Å². The average molecular weight is 861 g/mol. The van der Waals surface area contributed by atoms with Crippen molar-refractivity contribution >= 4 is 19.6 Å². The number of phosphoric acid groups is 1. The Morgan fingerprint density at radius 2 is 1.31 bits per heavy atom. The molecule has 1 unspecified atom stereocenters. The molecule has 0 amide bonds. The van der Waals surface area contributed by atoms with Crippen LogP contribution in [0.15, 0.2) is 17.1 Å². The van der Waals surface area contributed by atoms with Crippen LogP contribution < -0.4 is 16.3 Å². The predicted octanol–water partition coefficient (Wildman–Crippen LogP) is 8.36. The molecule has 346 valence electrons. The van der Waals surface area contributed by atoms with Gasteiger partial charge in [-0.05, 0) is 38.2 Å². The maximum atomic E-state index is 12.1. The van der Waals surface area contributed by atoms with Crippen molar-refractivity contribution in [3.05, 3.63) is 22.7 Å². The molecule has 15 heteroatoms. The number of rotatable bonds is 35. The second-order valence-electron chi connectivity index (χ2n) is 16.5. The van der Waals surface area contributed by atoms with Crippen LogP contribution in [0.3, 0.4) is 0 Å². The molecular weight excluding hydrogens is 775 g/mol. The van der Waals surface area contributed by atoms with Gasteiger partial charge in [-0.3, -0.25) is 13.9 Å². The summed E-state index contributed by atoms with van der Waals surface area (Å²) in [6.45, 7) is 15.6. The van der Waals surface area contributed by atoms with E-state index in [9.17, 15) is 29.3 Å². The summed E-state index contributed by atoms with van der Waals surface area (Å²) in [5, 5.41) is 20.1. The molecule has 1 aromatic heterocycles. The Bertz CT molecular complexity index is 1270. The van der Waals surface area contributed by atoms with Crippen molar-refractivity contribution in [2.24, 2.45) is 0 Å². The quantitative estimate of drug-likeness (QED) is 0.0256. The SMILES string of the molecule is CCCCCCCCCCCCCCCC(=O)OC[C@@H](O)COP(=O)([O-])OC[C@H]1O[C@@H](n2ccc(N)nc2=O)C[C@@H]1O.CCCC[N+](CCCC)(CCCC)CCCC. The zero-order chi connectivity index (χ0) is 43.8. The van der Waals surface area contributed by atoms with Crippen LogP contribution in [0, 0.1) is 0 Å². The number of esters is 1. The maximum Gasteiger partial charge on any atom is 0.351 e. The van der Waals surface area contributed by atoms with Crippen molar-refractivity contribution < 1.29 is 47.5 Å². The van der Waals surface area contributed by atoms with E-state index in [2.05, 4.69) is 44.1 Å². The molecule has 1 aliphatic heterocycles. The smallest absolute Gasteiger partial charge is 0.351 e. The van der Waals surface area contributed by atoms with Crippen molar-refractivity contribution in [1.82, 2.24) is 9.55 Å². The van der Waals surface area contributed by atoms with Crippen molar-refractivity contribution in [2.45, 2.75) is 207 Å². The summed E-state index contributed by atoms with van der Waals surface area (Å²) in [6.07, 6.45) is 23.9. The number of anilines is 1. The largest absolute Gasteiger partial charge is 0.756 e. The maximum absolute atomic E-state index is 12.1. The van der Waals surface area contributed by atoms with Crippen LogP contribution in [0.2, 0.25) is 0 Å². The summed E-state index contributed by atoms with van der Waals surface area (Å²) in [6, 6.07) is 1.39. The van der Waals surface area contributed by atoms with Crippen molar-refractivity contribution in [2.75, 3.05) is 51.7 Å². The predicted molar refractivity (Wildman–Crippen MR) is 234 cm³/mol. The van der Waals surface area contributed by atoms with Crippen LogP contribution in [0.5, 0.6) is 0 Å². The van der Waals surface area contributed by atoms with Crippen molar-refractivity contribution in [3.63, 3.8) is 0 Å². The average Bonchev–Trinajstić information content (AvgIpc) is 3.59. The number of aliphatic hydroxyl groups is 2. The normalized spacial score (nSPS) is 18.3. The molecule has 2 heterocycles. The van der Waals surface area contributed by atoms with Crippen molar-refractivity contribution in [1.29, 1.82) is 0 Å². The number of aliphatic hydroxyl groups excluding tert-OH is 2. The number of unbranched alkanes of at least 4 members (excludes halogenated alkanes) is 16. The van der Waals surface area contributed by atoms with E-state index in [-0.39, 0.29) is 18.7 Å². The van der Waals surface area contributed by atoms with Crippen molar-refractivity contribution in [3.8, 4) is 0 Å². The van der Waals surface area contributed by atoms with E-state index in [1.165, 1.54) is 152 Å². The molecule has 1 aliphatic rings. The van der Waals surface area contributed by atoms with Gasteiger partial charge in [-0.25, -0.2) is 4.79 Å². The molecule has 4 N–H and O–H groups in total. The number of nitrogens with two attached hydrogens (primary N) is 1. The van der Waals surface area contributed by atoms with Crippen LogP contribution in [-0.4, -0.2) is 94.5 Å². The molecule has 0 saturated carbocycles. The first-order valence-electron chi connectivity index (χ1n) is 23.3. The molecule has 0 bridgehead atoms. The van der Waals surface area contributed by atoms with Crippen LogP contribution in [-0.2, 0) is 27.9 Å². The summed E-state index contributed by atoms with van der Waals surface area (Å²) in [5.74, 6) is -0.429. The summed E-state index contributed by atoms with van der Waals surface area (Å²) >= 11 is 0. The lowest BCUT2D eigenvalue weighted by Gasteiger charge is -2.39. The number of nitrogen functional groups attached to an aromatic ring is 1. The summed E-state index contributed by atoms with van der Waals surface area (Å²) < 4.78 is 34.6. The lowest BCUT2D eigenvalue weighted by atomic mass is 10.0. The molecule has 0 radical (unpaired) electrons. The fourth-order valence-electron chi connectivity index (χ4n) is 7.30. The molecule has 2 rings (SSSR count). The Hall–Kier alpha value is -1.90. The van der Waals surface area contributed by atoms with Gasteiger partial charge in [-0.2, -0.15) is 4.98 Å². The number of hydrogen-bond acceptors (Lipinski definition) is 12. The van der Waals surface area contributed by atoms with Gasteiger partial charge in [0, 0.05) is 19.0 Å². The van der Waals surface area contributed by atoms with E-state index >= 15 is 0 Å². The lowest BCUT2D eigenvalue weighted by molar-refractivity contribution is -0.929. The van der Waals surface area contributed by atoms with Gasteiger partial charge in [-0.1, -0.05) is 137 Å². The molecule has 1 saturated heterocycles. The van der Waals surface area contributed by atoms with Gasteiger partial charge in [0.05, 0.1) is 45.5 Å². The fraction of sp³-hybridized carbons (Fsp3) is 0.886. The Labute approximate surface area is 357 Å². The molecule has 14 nitrogen and oxygen atoms in total. The molecule has 1 aromatic rings. The molecule has 1 fully saturated rings. The summed E-state index contributed by atoms with van der Waals surface area (Å²) in [4.78, 5) is 39.5. The first kappa shape index (κ1) is 55.1. The van der Waals surface area contributed by atoms with Gasteiger partial charge >= 0.3 is 11.7 Å². The second-order valence-corrected chi connectivity index (χ2v) is 17.9. The van der Waals surface area contributed by atoms with Gasteiger partial charge < -0.3 is 43.8 Å². The lowest BCUT2D eigenvalue weighted by Crippen LogP contribution is -2.50. The third-order valence-corrected chi connectivity index (χ3v) is 12.0. The van der Waals surface area contributed by atoms with Crippen LogP contribution in [0.25, 0.3) is 0 Å². The topological polar surface area (TPSA) is 195 Å². The van der Waals surface area contributed by atoms with E-state index < -0.39 is 63.8 Å². The number of aromatic nitrogens is 2. The third kappa shape index (κ3) is 26.2. The molecule has 5 atom stereocenters. The number of carbonyl (C=O) groups excluding carboxylic acids is 1. The Balaban J connectivity index is 0.000000859. The number of ether oxygens (including phenoxy) is 2. The zero-order valence-corrected chi connectivity index (χ0v) is 38.6. The van der Waals surface area contributed by atoms with Gasteiger partial charge in [0.25, 0.3) is 7.82 Å². The number of quaternary nitrogens is 1. The highest BCUT2D eigenvalue weighted by molar-refractivity contribution is 7.45. The number of hydrogen-bond donors (Lipinski definition) is 3. The summed E-state index contributed by atoms with van der Waals surface area (Å²) in [7, 11) is -4.86. The summed E-state index contributed by atoms with van der Waals surface area (Å²) in [5.41, 5.74) is 4.79. The zero-order valence-electron chi connectivity index (χ0n) is 37.7. The molecule has 59 heavy (non-hydrogen) atoms. The number of nitrogens with zero attached hydrogens (tertiary/aromatic N) is 3. The highest BCUT2D eigenvalue weighted by atomic mass is 31.2. The van der Waals surface area contributed by atoms with E-state index in [4.69, 9.17) is 19.7 Å². The first-order chi connectivity index (χ1) is 28.4. The molecular formula is C44H85N4O10P. The minimum Gasteiger partial charge on any atom is -0.756 e. The van der Waals surface area contributed by atoms with E-state index in [0.29, 0.717) is 6.42 Å². The molecule has 0 aromatic carbocycles. The first-order valence-corrected chi connectivity index (χ1v) is 24.8. The van der Waals surface area contributed by atoms with Crippen LogP contribution in [0.1, 0.15) is 189 Å². The van der Waals surface area contributed by atoms with E-state index in [1.807, 2.05) is 0 Å². The third-order valence-electron chi connectivity index (χ3n) is 11.1. The van der Waals surface area contributed by atoms with Gasteiger partial charge in [-0.15, -0.1) is 0 Å². The Morgan fingerprint density at radius 3 is 1.78 bits per heavy atom. The number of carbonyl (C=O) groups is 1. The minimum atomic E-state index is -4.86. The fourth-order valence-corrected chi connectivity index (χ4v) is 8.06. The monoisotopic (exact) mass is 861 g/mol. The highest BCUT2D eigenvalue weighted by Crippen LogP contribution is 2.40. The molecule has 0 spiro atoms. The highest BCUT2D eigenvalue weighted by Gasteiger charge is 2.36.